The Morgan fingerprint density at radius 3 is 2.76 bits per heavy atom. The van der Waals surface area contributed by atoms with E-state index in [2.05, 4.69) is 5.32 Å². The standard InChI is InChI=1S/C11H12ClNO3S/c12-9-2-1-6(17-9)3-4-13-10(14)7-5-8(7)11(15)16/h1-2,7-8H,3-5H2,(H,13,14)(H,15,16). The first-order chi connectivity index (χ1) is 8.08. The van der Waals surface area contributed by atoms with Gasteiger partial charge in [-0.15, -0.1) is 11.3 Å². The van der Waals surface area contributed by atoms with Crippen molar-refractivity contribution in [2.24, 2.45) is 11.8 Å². The van der Waals surface area contributed by atoms with Gasteiger partial charge in [-0.2, -0.15) is 0 Å². The number of carboxylic acids is 1. The van der Waals surface area contributed by atoms with Crippen LogP contribution in [0.4, 0.5) is 0 Å². The molecule has 4 nitrogen and oxygen atoms in total. The van der Waals surface area contributed by atoms with E-state index >= 15 is 0 Å². The van der Waals surface area contributed by atoms with Crippen LogP contribution in [0.25, 0.3) is 0 Å². The highest BCUT2D eigenvalue weighted by molar-refractivity contribution is 7.16. The van der Waals surface area contributed by atoms with Gasteiger partial charge in [0.25, 0.3) is 0 Å². The van der Waals surface area contributed by atoms with Gasteiger partial charge in [0, 0.05) is 11.4 Å². The Morgan fingerprint density at radius 2 is 2.24 bits per heavy atom. The topological polar surface area (TPSA) is 66.4 Å². The Kier molecular flexibility index (Phi) is 3.69. The molecule has 92 valence electrons. The molecule has 1 aliphatic carbocycles. The van der Waals surface area contributed by atoms with Gasteiger partial charge in [0.2, 0.25) is 5.91 Å². The molecule has 1 aromatic heterocycles. The molecule has 2 unspecified atom stereocenters. The van der Waals surface area contributed by atoms with Crippen LogP contribution in [0.2, 0.25) is 4.34 Å². The fourth-order valence-corrected chi connectivity index (χ4v) is 2.77. The van der Waals surface area contributed by atoms with Crippen LogP contribution in [-0.4, -0.2) is 23.5 Å². The molecule has 2 N–H and O–H groups in total. The number of rotatable bonds is 5. The van der Waals surface area contributed by atoms with Gasteiger partial charge in [-0.05, 0) is 25.0 Å². The maximum Gasteiger partial charge on any atom is 0.307 e. The van der Waals surface area contributed by atoms with Gasteiger partial charge in [-0.25, -0.2) is 0 Å². The molecule has 0 bridgehead atoms. The predicted octanol–water partition coefficient (Wildman–Crippen LogP) is 1.78. The molecule has 1 fully saturated rings. The van der Waals surface area contributed by atoms with Crippen LogP contribution in [-0.2, 0) is 16.0 Å². The molecule has 0 aromatic carbocycles. The van der Waals surface area contributed by atoms with Crippen molar-refractivity contribution in [3.8, 4) is 0 Å². The summed E-state index contributed by atoms with van der Waals surface area (Å²) in [6, 6.07) is 3.75. The second kappa shape index (κ2) is 5.06. The highest BCUT2D eigenvalue weighted by Crippen LogP contribution is 2.38. The Labute approximate surface area is 108 Å². The maximum absolute atomic E-state index is 11.5. The molecule has 2 rings (SSSR count). The quantitative estimate of drug-likeness (QED) is 0.859. The Balaban J connectivity index is 1.69. The fourth-order valence-electron chi connectivity index (χ4n) is 1.68. The predicted molar refractivity (Wildman–Crippen MR) is 65.3 cm³/mol. The molecule has 0 aliphatic heterocycles. The van der Waals surface area contributed by atoms with Gasteiger partial charge in [-0.1, -0.05) is 11.6 Å². The van der Waals surface area contributed by atoms with Crippen molar-refractivity contribution in [2.75, 3.05) is 6.54 Å². The van der Waals surface area contributed by atoms with Gasteiger partial charge in [0.15, 0.2) is 0 Å². The Morgan fingerprint density at radius 1 is 1.47 bits per heavy atom. The Bertz CT molecular complexity index is 446. The van der Waals surface area contributed by atoms with Crippen LogP contribution < -0.4 is 5.32 Å². The molecule has 1 amide bonds. The minimum Gasteiger partial charge on any atom is -0.481 e. The van der Waals surface area contributed by atoms with Crippen LogP contribution in [0, 0.1) is 11.8 Å². The molecule has 0 saturated heterocycles. The van der Waals surface area contributed by atoms with Crippen molar-refractivity contribution in [3.63, 3.8) is 0 Å². The molecular formula is C11H12ClNO3S. The van der Waals surface area contributed by atoms with Gasteiger partial charge in [0.1, 0.15) is 0 Å². The van der Waals surface area contributed by atoms with Gasteiger partial charge >= 0.3 is 5.97 Å². The normalized spacial score (nSPS) is 22.2. The number of carboxylic acid groups (broad SMARTS) is 1. The molecule has 1 saturated carbocycles. The third-order valence-electron chi connectivity index (χ3n) is 2.74. The summed E-state index contributed by atoms with van der Waals surface area (Å²) in [5.41, 5.74) is 0. The molecule has 0 radical (unpaired) electrons. The largest absolute Gasteiger partial charge is 0.481 e. The summed E-state index contributed by atoms with van der Waals surface area (Å²) in [7, 11) is 0. The van der Waals surface area contributed by atoms with Crippen LogP contribution in [0.15, 0.2) is 12.1 Å². The number of halogens is 1. The molecule has 0 spiro atoms. The van der Waals surface area contributed by atoms with E-state index in [1.807, 2.05) is 12.1 Å². The first-order valence-corrected chi connectivity index (χ1v) is 6.52. The molecule has 1 heterocycles. The summed E-state index contributed by atoms with van der Waals surface area (Å²) in [5.74, 6) is -1.85. The lowest BCUT2D eigenvalue weighted by molar-refractivity contribution is -0.140. The van der Waals surface area contributed by atoms with Crippen molar-refractivity contribution >= 4 is 34.8 Å². The fraction of sp³-hybridized carbons (Fsp3) is 0.455. The van der Waals surface area contributed by atoms with Gasteiger partial charge in [0.05, 0.1) is 16.2 Å². The highest BCUT2D eigenvalue weighted by atomic mass is 35.5. The summed E-state index contributed by atoms with van der Waals surface area (Å²) in [4.78, 5) is 23.2. The minimum atomic E-state index is -0.879. The molecule has 1 aliphatic rings. The SMILES string of the molecule is O=C(O)C1CC1C(=O)NCCc1ccc(Cl)s1. The first kappa shape index (κ1) is 12.4. The number of carbonyl (C=O) groups is 2. The summed E-state index contributed by atoms with van der Waals surface area (Å²) >= 11 is 7.27. The lowest BCUT2D eigenvalue weighted by Gasteiger charge is -2.02. The van der Waals surface area contributed by atoms with Crippen LogP contribution in [0.5, 0.6) is 0 Å². The zero-order chi connectivity index (χ0) is 12.4. The summed E-state index contributed by atoms with van der Waals surface area (Å²) in [5, 5.41) is 11.4. The number of aliphatic carboxylic acids is 1. The number of nitrogens with one attached hydrogen (secondary N) is 1. The van der Waals surface area contributed by atoms with E-state index < -0.39 is 11.9 Å². The number of carbonyl (C=O) groups excluding carboxylic acids is 1. The average Bonchev–Trinajstić information content (AvgIpc) is 2.97. The van der Waals surface area contributed by atoms with E-state index in [-0.39, 0.29) is 11.8 Å². The minimum absolute atomic E-state index is 0.153. The van der Waals surface area contributed by atoms with E-state index in [1.54, 1.807) is 0 Å². The second-order valence-electron chi connectivity index (χ2n) is 4.03. The van der Waals surface area contributed by atoms with E-state index in [4.69, 9.17) is 16.7 Å². The van der Waals surface area contributed by atoms with Gasteiger partial charge < -0.3 is 10.4 Å². The summed E-state index contributed by atoms with van der Waals surface area (Å²) in [6.07, 6.45) is 1.19. The Hall–Kier alpha value is -1.07. The maximum atomic E-state index is 11.5. The van der Waals surface area contributed by atoms with E-state index in [9.17, 15) is 9.59 Å². The number of amides is 1. The van der Waals surface area contributed by atoms with E-state index in [1.165, 1.54) is 11.3 Å². The third-order valence-corrected chi connectivity index (χ3v) is 4.03. The number of thiophene rings is 1. The van der Waals surface area contributed by atoms with Crippen molar-refractivity contribution in [3.05, 3.63) is 21.3 Å². The summed E-state index contributed by atoms with van der Waals surface area (Å²) in [6.45, 7) is 0.526. The number of hydrogen-bond acceptors (Lipinski definition) is 3. The van der Waals surface area contributed by atoms with Crippen LogP contribution in [0.1, 0.15) is 11.3 Å². The van der Waals surface area contributed by atoms with Crippen LogP contribution in [0.3, 0.4) is 0 Å². The smallest absolute Gasteiger partial charge is 0.307 e. The zero-order valence-electron chi connectivity index (χ0n) is 8.98. The molecular weight excluding hydrogens is 262 g/mol. The van der Waals surface area contributed by atoms with E-state index in [0.717, 1.165) is 15.6 Å². The highest BCUT2D eigenvalue weighted by Gasteiger charge is 2.48. The van der Waals surface area contributed by atoms with Crippen molar-refractivity contribution in [2.45, 2.75) is 12.8 Å². The molecule has 17 heavy (non-hydrogen) atoms. The van der Waals surface area contributed by atoms with Gasteiger partial charge in [-0.3, -0.25) is 9.59 Å². The number of hydrogen-bond donors (Lipinski definition) is 2. The molecule has 6 heteroatoms. The van der Waals surface area contributed by atoms with Crippen LogP contribution >= 0.6 is 22.9 Å². The first-order valence-electron chi connectivity index (χ1n) is 5.32. The monoisotopic (exact) mass is 273 g/mol. The van der Waals surface area contributed by atoms with Crippen molar-refractivity contribution in [1.82, 2.24) is 5.32 Å². The summed E-state index contributed by atoms with van der Waals surface area (Å²) < 4.78 is 0.736. The lowest BCUT2D eigenvalue weighted by Crippen LogP contribution is -2.28. The molecule has 1 aromatic rings. The molecule has 2 atom stereocenters. The van der Waals surface area contributed by atoms with Crippen molar-refractivity contribution < 1.29 is 14.7 Å². The lowest BCUT2D eigenvalue weighted by atomic mass is 10.3. The van der Waals surface area contributed by atoms with E-state index in [0.29, 0.717) is 13.0 Å². The third kappa shape index (κ3) is 3.20. The van der Waals surface area contributed by atoms with Crippen molar-refractivity contribution in [1.29, 1.82) is 0 Å². The average molecular weight is 274 g/mol. The second-order valence-corrected chi connectivity index (χ2v) is 5.83. The zero-order valence-corrected chi connectivity index (χ0v) is 10.6.